The lowest BCUT2D eigenvalue weighted by Gasteiger charge is -2.20. The smallest absolute Gasteiger partial charge is 0.206 e. The molecule has 0 unspecified atom stereocenters. The minimum absolute atomic E-state index is 0.363. The van der Waals surface area contributed by atoms with E-state index in [1.54, 1.807) is 20.8 Å². The summed E-state index contributed by atoms with van der Waals surface area (Å²) in [7, 11) is 0. The maximum absolute atomic E-state index is 13.2. The van der Waals surface area contributed by atoms with Gasteiger partial charge in [-0.1, -0.05) is 20.8 Å². The van der Waals surface area contributed by atoms with Gasteiger partial charge >= 0.3 is 0 Å². The summed E-state index contributed by atoms with van der Waals surface area (Å²) in [5.41, 5.74) is -1.26. The summed E-state index contributed by atoms with van der Waals surface area (Å²) in [5.74, 6) is -2.37. The van der Waals surface area contributed by atoms with Crippen LogP contribution in [0.15, 0.2) is 12.1 Å². The second-order valence-electron chi connectivity index (χ2n) is 4.40. The van der Waals surface area contributed by atoms with Crippen LogP contribution in [-0.4, -0.2) is 0 Å². The average Bonchev–Trinajstić information content (AvgIpc) is 1.99. The zero-order chi connectivity index (χ0) is 11.8. The first-order chi connectivity index (χ1) is 6.73. The van der Waals surface area contributed by atoms with Crippen molar-refractivity contribution in [3.63, 3.8) is 0 Å². The molecule has 0 aliphatic rings. The highest BCUT2D eigenvalue weighted by atomic mass is 19.3. The molecule has 15 heavy (non-hydrogen) atoms. The number of rotatable bonds is 1. The number of hydrogen-bond donors (Lipinski definition) is 0. The van der Waals surface area contributed by atoms with Gasteiger partial charge in [-0.15, -0.1) is 0 Å². The van der Waals surface area contributed by atoms with Gasteiger partial charge in [0.1, 0.15) is 11.6 Å². The maximum Gasteiger partial charge on any atom is 0.269 e. The highest BCUT2D eigenvalue weighted by molar-refractivity contribution is 5.31. The number of hydrogen-bond acceptors (Lipinski definition) is 0. The Hall–Kier alpha value is -1.06. The molecule has 0 saturated carbocycles. The van der Waals surface area contributed by atoms with Crippen molar-refractivity contribution in [3.05, 3.63) is 34.9 Å². The lowest BCUT2D eigenvalue weighted by molar-refractivity contribution is 0.140. The first-order valence-corrected chi connectivity index (χ1v) is 4.51. The molecule has 0 nitrogen and oxygen atoms in total. The largest absolute Gasteiger partial charge is 0.269 e. The van der Waals surface area contributed by atoms with E-state index in [2.05, 4.69) is 0 Å². The third kappa shape index (κ3) is 2.49. The van der Waals surface area contributed by atoms with E-state index >= 15 is 0 Å². The van der Waals surface area contributed by atoms with Crippen LogP contribution >= 0.6 is 0 Å². The van der Waals surface area contributed by atoms with Crippen LogP contribution in [0.5, 0.6) is 0 Å². The second-order valence-corrected chi connectivity index (χ2v) is 4.40. The highest BCUT2D eigenvalue weighted by Crippen LogP contribution is 2.30. The van der Waals surface area contributed by atoms with Crippen molar-refractivity contribution in [1.29, 1.82) is 0 Å². The van der Waals surface area contributed by atoms with E-state index in [1.165, 1.54) is 0 Å². The van der Waals surface area contributed by atoms with E-state index in [0.29, 0.717) is 5.56 Å². The minimum Gasteiger partial charge on any atom is -0.206 e. The molecule has 0 saturated heterocycles. The van der Waals surface area contributed by atoms with Crippen LogP contribution in [0.25, 0.3) is 0 Å². The summed E-state index contributed by atoms with van der Waals surface area (Å²) in [6.07, 6.45) is -3.13. The first kappa shape index (κ1) is 12.0. The zero-order valence-corrected chi connectivity index (χ0v) is 8.74. The van der Waals surface area contributed by atoms with Crippen molar-refractivity contribution in [2.75, 3.05) is 0 Å². The van der Waals surface area contributed by atoms with E-state index < -0.39 is 29.0 Å². The van der Waals surface area contributed by atoms with Crippen molar-refractivity contribution in [2.45, 2.75) is 32.6 Å². The first-order valence-electron chi connectivity index (χ1n) is 4.51. The molecule has 0 atom stereocenters. The Morgan fingerprint density at radius 2 is 1.40 bits per heavy atom. The van der Waals surface area contributed by atoms with Gasteiger partial charge in [-0.05, 0) is 23.1 Å². The molecule has 1 rings (SSSR count). The van der Waals surface area contributed by atoms with Gasteiger partial charge in [0.25, 0.3) is 6.43 Å². The van der Waals surface area contributed by atoms with Crippen molar-refractivity contribution >= 4 is 0 Å². The van der Waals surface area contributed by atoms with Gasteiger partial charge in [0.05, 0.1) is 5.56 Å². The quantitative estimate of drug-likeness (QED) is 0.622. The molecule has 1 aromatic rings. The summed E-state index contributed by atoms with van der Waals surface area (Å²) in [6, 6.07) is 1.93. The lowest BCUT2D eigenvalue weighted by atomic mass is 9.86. The van der Waals surface area contributed by atoms with Gasteiger partial charge in [-0.3, -0.25) is 0 Å². The summed E-state index contributed by atoms with van der Waals surface area (Å²) in [4.78, 5) is 0. The monoisotopic (exact) mass is 220 g/mol. The van der Waals surface area contributed by atoms with E-state index in [1.807, 2.05) is 0 Å². The predicted octanol–water partition coefficient (Wildman–Crippen LogP) is 4.20. The molecular weight excluding hydrogens is 208 g/mol. The van der Waals surface area contributed by atoms with E-state index in [9.17, 15) is 17.6 Å². The van der Waals surface area contributed by atoms with Crippen molar-refractivity contribution < 1.29 is 17.6 Å². The van der Waals surface area contributed by atoms with Crippen LogP contribution < -0.4 is 0 Å². The standard InChI is InChI=1S/C11H12F4/c1-11(2,3)6-4-7(12)9(10(14)15)8(13)5-6/h4-5,10H,1-3H3. The van der Waals surface area contributed by atoms with Crippen LogP contribution in [0.1, 0.15) is 38.3 Å². The van der Waals surface area contributed by atoms with Crippen molar-refractivity contribution in [3.8, 4) is 0 Å². The van der Waals surface area contributed by atoms with Crippen LogP contribution in [0.4, 0.5) is 17.6 Å². The third-order valence-electron chi connectivity index (χ3n) is 2.16. The molecule has 0 heterocycles. The fraction of sp³-hybridized carbons (Fsp3) is 0.455. The molecule has 0 aromatic heterocycles. The topological polar surface area (TPSA) is 0 Å². The van der Waals surface area contributed by atoms with Gasteiger partial charge in [-0.2, -0.15) is 0 Å². The van der Waals surface area contributed by atoms with Crippen LogP contribution in [0.3, 0.4) is 0 Å². The molecule has 4 heteroatoms. The van der Waals surface area contributed by atoms with Gasteiger partial charge in [0.15, 0.2) is 0 Å². The van der Waals surface area contributed by atoms with Gasteiger partial charge in [0.2, 0.25) is 0 Å². The number of halogens is 4. The fourth-order valence-corrected chi connectivity index (χ4v) is 1.23. The van der Waals surface area contributed by atoms with Gasteiger partial charge < -0.3 is 0 Å². The maximum atomic E-state index is 13.2. The molecule has 0 aliphatic heterocycles. The van der Waals surface area contributed by atoms with E-state index in [-0.39, 0.29) is 0 Å². The second kappa shape index (κ2) is 3.83. The summed E-state index contributed by atoms with van der Waals surface area (Å²) < 4.78 is 50.8. The Kier molecular flexibility index (Phi) is 3.07. The predicted molar refractivity (Wildman–Crippen MR) is 50.0 cm³/mol. The Labute approximate surface area is 85.9 Å². The molecule has 0 aliphatic carbocycles. The Balaban J connectivity index is 3.32. The molecule has 0 spiro atoms. The van der Waals surface area contributed by atoms with Crippen LogP contribution in [-0.2, 0) is 5.41 Å². The highest BCUT2D eigenvalue weighted by Gasteiger charge is 2.23. The summed E-state index contributed by atoms with van der Waals surface area (Å²) in [5, 5.41) is 0. The van der Waals surface area contributed by atoms with Gasteiger partial charge in [0, 0.05) is 0 Å². The SMILES string of the molecule is CC(C)(C)c1cc(F)c(C(F)F)c(F)c1. The number of alkyl halides is 2. The number of benzene rings is 1. The lowest BCUT2D eigenvalue weighted by Crippen LogP contribution is -2.13. The average molecular weight is 220 g/mol. The molecular formula is C11H12F4. The van der Waals surface area contributed by atoms with Crippen LogP contribution in [0, 0.1) is 11.6 Å². The molecule has 84 valence electrons. The Morgan fingerprint density at radius 3 is 1.67 bits per heavy atom. The summed E-state index contributed by atoms with van der Waals surface area (Å²) in [6.45, 7) is 5.26. The summed E-state index contributed by atoms with van der Waals surface area (Å²) >= 11 is 0. The van der Waals surface area contributed by atoms with Crippen molar-refractivity contribution in [1.82, 2.24) is 0 Å². The van der Waals surface area contributed by atoms with Gasteiger partial charge in [-0.25, -0.2) is 17.6 Å². The molecule has 1 aromatic carbocycles. The third-order valence-corrected chi connectivity index (χ3v) is 2.16. The van der Waals surface area contributed by atoms with Crippen LogP contribution in [0.2, 0.25) is 0 Å². The van der Waals surface area contributed by atoms with Crippen molar-refractivity contribution in [2.24, 2.45) is 0 Å². The zero-order valence-electron chi connectivity index (χ0n) is 8.74. The fourth-order valence-electron chi connectivity index (χ4n) is 1.23. The normalized spacial score (nSPS) is 12.3. The molecule has 0 bridgehead atoms. The molecule has 0 N–H and O–H groups in total. The molecule has 0 fully saturated rings. The molecule has 0 amide bonds. The minimum atomic E-state index is -3.13. The Morgan fingerprint density at radius 1 is 1.00 bits per heavy atom. The Bertz CT molecular complexity index is 340. The van der Waals surface area contributed by atoms with E-state index in [0.717, 1.165) is 12.1 Å². The molecule has 0 radical (unpaired) electrons. The van der Waals surface area contributed by atoms with E-state index in [4.69, 9.17) is 0 Å².